The Morgan fingerprint density at radius 1 is 1.32 bits per heavy atom. The summed E-state index contributed by atoms with van der Waals surface area (Å²) >= 11 is 0. The molecule has 0 fully saturated rings. The van der Waals surface area contributed by atoms with Crippen LogP contribution in [-0.2, 0) is 11.3 Å². The highest BCUT2D eigenvalue weighted by atomic mass is 16.5. The normalized spacial score (nSPS) is 11.3. The average Bonchev–Trinajstić information content (AvgIpc) is 2.37. The molecule has 0 heterocycles. The summed E-state index contributed by atoms with van der Waals surface area (Å²) < 4.78 is 5.37. The van der Waals surface area contributed by atoms with Crippen molar-refractivity contribution >= 4 is 5.97 Å². The zero-order chi connectivity index (χ0) is 14.3. The Bertz CT molecular complexity index is 398. The van der Waals surface area contributed by atoms with Crippen molar-refractivity contribution in [3.05, 3.63) is 29.8 Å². The molecule has 0 aliphatic carbocycles. The van der Waals surface area contributed by atoms with E-state index >= 15 is 0 Å². The van der Waals surface area contributed by atoms with Gasteiger partial charge in [0.1, 0.15) is 5.75 Å². The highest BCUT2D eigenvalue weighted by molar-refractivity contribution is 5.73. The number of hydrogen-bond donors (Lipinski definition) is 2. The van der Waals surface area contributed by atoms with Crippen LogP contribution in [0.25, 0.3) is 0 Å². The molecule has 19 heavy (non-hydrogen) atoms. The number of nitrogens with one attached hydrogen (secondary N) is 1. The molecular formula is C15H23NO3. The fourth-order valence-corrected chi connectivity index (χ4v) is 1.61. The van der Waals surface area contributed by atoms with E-state index in [2.05, 4.69) is 5.32 Å². The zero-order valence-corrected chi connectivity index (χ0v) is 11.9. The number of carboxylic acids is 1. The second-order valence-corrected chi connectivity index (χ2v) is 5.19. The molecule has 2 N–H and O–H groups in total. The van der Waals surface area contributed by atoms with Gasteiger partial charge in [0.25, 0.3) is 0 Å². The van der Waals surface area contributed by atoms with Crippen molar-refractivity contribution in [2.75, 3.05) is 13.2 Å². The number of benzene rings is 1. The minimum absolute atomic E-state index is 0.610. The van der Waals surface area contributed by atoms with Gasteiger partial charge >= 0.3 is 5.97 Å². The van der Waals surface area contributed by atoms with Gasteiger partial charge < -0.3 is 15.2 Å². The second kappa shape index (κ2) is 7.14. The molecule has 4 heteroatoms. The average molecular weight is 265 g/mol. The van der Waals surface area contributed by atoms with Crippen molar-refractivity contribution in [3.63, 3.8) is 0 Å². The van der Waals surface area contributed by atoms with Crippen molar-refractivity contribution in [3.8, 4) is 5.75 Å². The molecule has 1 aromatic carbocycles. The summed E-state index contributed by atoms with van der Waals surface area (Å²) in [5.41, 5.74) is 0.489. The van der Waals surface area contributed by atoms with Crippen molar-refractivity contribution in [1.29, 1.82) is 0 Å². The van der Waals surface area contributed by atoms with Gasteiger partial charge in [-0.05, 0) is 51.4 Å². The number of rotatable bonds is 8. The van der Waals surface area contributed by atoms with E-state index in [1.807, 2.05) is 31.2 Å². The third-order valence-corrected chi connectivity index (χ3v) is 3.07. The lowest BCUT2D eigenvalue weighted by Crippen LogP contribution is -2.28. The molecule has 0 spiro atoms. The number of aliphatic carboxylic acids is 1. The van der Waals surface area contributed by atoms with Gasteiger partial charge in [-0.1, -0.05) is 12.1 Å². The Hall–Kier alpha value is -1.55. The number of carbonyl (C=O) groups is 1. The Kier molecular flexibility index (Phi) is 5.83. The van der Waals surface area contributed by atoms with Gasteiger partial charge in [-0.15, -0.1) is 0 Å². The predicted octanol–water partition coefficient (Wildman–Crippen LogP) is 2.68. The molecule has 0 saturated heterocycles. The summed E-state index contributed by atoms with van der Waals surface area (Å²) in [5, 5.41) is 12.3. The lowest BCUT2D eigenvalue weighted by molar-refractivity contribution is -0.147. The smallest absolute Gasteiger partial charge is 0.309 e. The van der Waals surface area contributed by atoms with Crippen LogP contribution in [0.1, 0.15) is 32.8 Å². The fourth-order valence-electron chi connectivity index (χ4n) is 1.61. The molecule has 0 amide bonds. The molecule has 0 aliphatic rings. The number of hydrogen-bond acceptors (Lipinski definition) is 3. The molecular weight excluding hydrogens is 242 g/mol. The van der Waals surface area contributed by atoms with Crippen LogP contribution in [0.15, 0.2) is 24.3 Å². The Morgan fingerprint density at radius 2 is 1.95 bits per heavy atom. The third kappa shape index (κ3) is 5.30. The number of carboxylic acid groups (broad SMARTS) is 1. The first-order chi connectivity index (χ1) is 8.95. The van der Waals surface area contributed by atoms with Crippen molar-refractivity contribution < 1.29 is 14.6 Å². The summed E-state index contributed by atoms with van der Waals surface area (Å²) in [6.45, 7) is 7.54. The monoisotopic (exact) mass is 265 g/mol. The maximum Gasteiger partial charge on any atom is 0.309 e. The minimum atomic E-state index is -0.754. The molecule has 106 valence electrons. The van der Waals surface area contributed by atoms with Crippen LogP contribution < -0.4 is 10.1 Å². The maximum absolute atomic E-state index is 10.9. The van der Waals surface area contributed by atoms with Gasteiger partial charge in [0.2, 0.25) is 0 Å². The van der Waals surface area contributed by atoms with Gasteiger partial charge in [-0.2, -0.15) is 0 Å². The summed E-state index contributed by atoms with van der Waals surface area (Å²) in [7, 11) is 0. The van der Waals surface area contributed by atoms with Crippen LogP contribution in [0.4, 0.5) is 0 Å². The summed E-state index contributed by atoms with van der Waals surface area (Å²) in [6.07, 6.45) is 0.610. The first kappa shape index (κ1) is 15.5. The molecule has 0 aromatic heterocycles. The van der Waals surface area contributed by atoms with E-state index in [4.69, 9.17) is 9.84 Å². The molecule has 0 bridgehead atoms. The largest absolute Gasteiger partial charge is 0.494 e. The molecule has 4 nitrogen and oxygen atoms in total. The second-order valence-electron chi connectivity index (χ2n) is 5.19. The van der Waals surface area contributed by atoms with Crippen molar-refractivity contribution in [2.24, 2.45) is 5.41 Å². The van der Waals surface area contributed by atoms with E-state index in [0.717, 1.165) is 17.9 Å². The lowest BCUT2D eigenvalue weighted by Gasteiger charge is -2.18. The van der Waals surface area contributed by atoms with Gasteiger partial charge in [0.15, 0.2) is 0 Å². The first-order valence-corrected chi connectivity index (χ1v) is 6.61. The molecule has 0 unspecified atom stereocenters. The van der Waals surface area contributed by atoms with E-state index in [0.29, 0.717) is 19.6 Å². The number of ether oxygens (including phenoxy) is 1. The summed E-state index contributed by atoms with van der Waals surface area (Å²) in [5.74, 6) is 0.119. The van der Waals surface area contributed by atoms with Crippen LogP contribution in [0.3, 0.4) is 0 Å². The van der Waals surface area contributed by atoms with Gasteiger partial charge in [-0.25, -0.2) is 0 Å². The summed E-state index contributed by atoms with van der Waals surface area (Å²) in [6, 6.07) is 7.92. The van der Waals surface area contributed by atoms with Crippen molar-refractivity contribution in [1.82, 2.24) is 5.32 Å². The van der Waals surface area contributed by atoms with Crippen LogP contribution in [-0.4, -0.2) is 24.2 Å². The molecule has 1 rings (SSSR count). The SMILES string of the molecule is CCOc1ccc(CNCCC(C)(C)C(=O)O)cc1. The van der Waals surface area contributed by atoms with Crippen LogP contribution in [0, 0.1) is 5.41 Å². The van der Waals surface area contributed by atoms with Crippen LogP contribution >= 0.6 is 0 Å². The first-order valence-electron chi connectivity index (χ1n) is 6.61. The van der Waals surface area contributed by atoms with E-state index in [1.165, 1.54) is 0 Å². The van der Waals surface area contributed by atoms with E-state index in [1.54, 1.807) is 13.8 Å². The Balaban J connectivity index is 2.31. The Labute approximate surface area is 114 Å². The standard InChI is InChI=1S/C15H23NO3/c1-4-19-13-7-5-12(6-8-13)11-16-10-9-15(2,3)14(17)18/h5-8,16H,4,9-11H2,1-3H3,(H,17,18). The summed E-state index contributed by atoms with van der Waals surface area (Å²) in [4.78, 5) is 10.9. The molecule has 1 aromatic rings. The van der Waals surface area contributed by atoms with Gasteiger partial charge in [0, 0.05) is 6.54 Å². The molecule has 0 aliphatic heterocycles. The maximum atomic E-state index is 10.9. The van der Waals surface area contributed by atoms with Gasteiger partial charge in [0.05, 0.1) is 12.0 Å². The predicted molar refractivity (Wildman–Crippen MR) is 75.4 cm³/mol. The van der Waals surface area contributed by atoms with Gasteiger partial charge in [-0.3, -0.25) is 4.79 Å². The third-order valence-electron chi connectivity index (χ3n) is 3.07. The van der Waals surface area contributed by atoms with E-state index in [9.17, 15) is 4.79 Å². The van der Waals surface area contributed by atoms with Crippen LogP contribution in [0.5, 0.6) is 5.75 Å². The highest BCUT2D eigenvalue weighted by Crippen LogP contribution is 2.19. The van der Waals surface area contributed by atoms with E-state index < -0.39 is 11.4 Å². The quantitative estimate of drug-likeness (QED) is 0.709. The fraction of sp³-hybridized carbons (Fsp3) is 0.533. The molecule has 0 saturated carbocycles. The Morgan fingerprint density at radius 3 is 2.47 bits per heavy atom. The zero-order valence-electron chi connectivity index (χ0n) is 11.9. The minimum Gasteiger partial charge on any atom is -0.494 e. The van der Waals surface area contributed by atoms with Crippen LogP contribution in [0.2, 0.25) is 0 Å². The topological polar surface area (TPSA) is 58.6 Å². The molecule has 0 radical (unpaired) electrons. The lowest BCUT2D eigenvalue weighted by atomic mass is 9.90. The molecule has 0 atom stereocenters. The van der Waals surface area contributed by atoms with Crippen molar-refractivity contribution in [2.45, 2.75) is 33.7 Å². The van der Waals surface area contributed by atoms with E-state index in [-0.39, 0.29) is 0 Å². The highest BCUT2D eigenvalue weighted by Gasteiger charge is 2.25.